The Hall–Kier alpha value is -1.75. The molecule has 1 aromatic carbocycles. The van der Waals surface area contributed by atoms with Crippen LogP contribution in [0.15, 0.2) is 34.3 Å². The standard InChI is InChI=1S/C12H18ClN5/c1-8(2)16-12(15-3)18-11(14)17-10-6-4-9(13)5-7-10/h4-8H,1-3H3,(H4,14,15,16,17,18). The van der Waals surface area contributed by atoms with Gasteiger partial charge < -0.3 is 16.4 Å². The van der Waals surface area contributed by atoms with E-state index in [1.54, 1.807) is 19.2 Å². The maximum Gasteiger partial charge on any atom is 0.221 e. The molecular weight excluding hydrogens is 250 g/mol. The SMILES string of the molecule is CN=C(N=C(N)Nc1ccc(Cl)cc1)NC(C)C. The van der Waals surface area contributed by atoms with Crippen LogP contribution in [0.2, 0.25) is 5.02 Å². The molecule has 1 rings (SSSR count). The van der Waals surface area contributed by atoms with Crippen molar-refractivity contribution in [3.8, 4) is 0 Å². The minimum atomic E-state index is 0.246. The van der Waals surface area contributed by atoms with E-state index in [-0.39, 0.29) is 12.0 Å². The van der Waals surface area contributed by atoms with Gasteiger partial charge in [-0.05, 0) is 38.1 Å². The van der Waals surface area contributed by atoms with Crippen LogP contribution in [0, 0.1) is 0 Å². The normalized spacial score (nSPS) is 12.7. The molecule has 4 N–H and O–H groups in total. The van der Waals surface area contributed by atoms with E-state index in [0.29, 0.717) is 11.0 Å². The van der Waals surface area contributed by atoms with Gasteiger partial charge in [0, 0.05) is 23.8 Å². The molecular formula is C12H18ClN5. The quantitative estimate of drug-likeness (QED) is 0.567. The van der Waals surface area contributed by atoms with Crippen molar-refractivity contribution in [2.24, 2.45) is 15.7 Å². The zero-order valence-electron chi connectivity index (χ0n) is 10.7. The van der Waals surface area contributed by atoms with E-state index >= 15 is 0 Å². The van der Waals surface area contributed by atoms with Gasteiger partial charge in [-0.2, -0.15) is 4.99 Å². The number of nitrogens with two attached hydrogens (primary N) is 1. The molecule has 0 aliphatic carbocycles. The Morgan fingerprint density at radius 1 is 1.28 bits per heavy atom. The molecule has 0 saturated heterocycles. The third-order valence-corrected chi connectivity index (χ3v) is 2.22. The smallest absolute Gasteiger partial charge is 0.221 e. The van der Waals surface area contributed by atoms with Gasteiger partial charge in [-0.3, -0.25) is 4.99 Å². The Balaban J connectivity index is 2.69. The highest BCUT2D eigenvalue weighted by molar-refractivity contribution is 6.30. The van der Waals surface area contributed by atoms with Gasteiger partial charge in [0.25, 0.3) is 0 Å². The molecule has 6 heteroatoms. The summed E-state index contributed by atoms with van der Waals surface area (Å²) in [4.78, 5) is 8.14. The molecule has 0 amide bonds. The lowest BCUT2D eigenvalue weighted by Gasteiger charge is -2.10. The van der Waals surface area contributed by atoms with Crippen molar-refractivity contribution in [1.29, 1.82) is 0 Å². The molecule has 18 heavy (non-hydrogen) atoms. The fraction of sp³-hybridized carbons (Fsp3) is 0.333. The van der Waals surface area contributed by atoms with Gasteiger partial charge in [0.2, 0.25) is 11.9 Å². The molecule has 0 unspecified atom stereocenters. The summed E-state index contributed by atoms with van der Waals surface area (Å²) < 4.78 is 0. The summed E-state index contributed by atoms with van der Waals surface area (Å²) in [5.74, 6) is 0.759. The van der Waals surface area contributed by atoms with E-state index in [9.17, 15) is 0 Å². The maximum absolute atomic E-state index is 5.79. The monoisotopic (exact) mass is 267 g/mol. The maximum atomic E-state index is 5.79. The van der Waals surface area contributed by atoms with Crippen molar-refractivity contribution in [1.82, 2.24) is 5.32 Å². The first kappa shape index (κ1) is 14.3. The highest BCUT2D eigenvalue weighted by atomic mass is 35.5. The average Bonchev–Trinajstić information content (AvgIpc) is 2.30. The van der Waals surface area contributed by atoms with Crippen LogP contribution < -0.4 is 16.4 Å². The van der Waals surface area contributed by atoms with Gasteiger partial charge in [-0.25, -0.2) is 0 Å². The summed E-state index contributed by atoms with van der Waals surface area (Å²) in [6.45, 7) is 4.01. The van der Waals surface area contributed by atoms with Crippen molar-refractivity contribution in [3.63, 3.8) is 0 Å². The number of nitrogens with zero attached hydrogens (tertiary/aromatic N) is 2. The second-order valence-electron chi connectivity index (χ2n) is 3.98. The number of rotatable bonds is 2. The van der Waals surface area contributed by atoms with Crippen molar-refractivity contribution in [3.05, 3.63) is 29.3 Å². The Kier molecular flexibility index (Phi) is 5.45. The zero-order valence-corrected chi connectivity index (χ0v) is 11.5. The van der Waals surface area contributed by atoms with Crippen LogP contribution in [0.5, 0.6) is 0 Å². The van der Waals surface area contributed by atoms with E-state index in [4.69, 9.17) is 17.3 Å². The number of aliphatic imine (C=N–C) groups is 2. The van der Waals surface area contributed by atoms with E-state index in [0.717, 1.165) is 5.69 Å². The molecule has 0 radical (unpaired) electrons. The van der Waals surface area contributed by atoms with E-state index in [2.05, 4.69) is 20.6 Å². The number of halogens is 1. The van der Waals surface area contributed by atoms with Crippen LogP contribution in [0.4, 0.5) is 5.69 Å². The fourth-order valence-corrected chi connectivity index (χ4v) is 1.35. The molecule has 5 nitrogen and oxygen atoms in total. The first-order valence-corrected chi connectivity index (χ1v) is 5.99. The average molecular weight is 268 g/mol. The minimum Gasteiger partial charge on any atom is -0.369 e. The Bertz CT molecular complexity index is 436. The van der Waals surface area contributed by atoms with Crippen molar-refractivity contribution in [2.45, 2.75) is 19.9 Å². The van der Waals surface area contributed by atoms with Gasteiger partial charge in [0.1, 0.15) is 0 Å². The summed E-state index contributed by atoms with van der Waals surface area (Å²) in [6.07, 6.45) is 0. The van der Waals surface area contributed by atoms with Gasteiger partial charge >= 0.3 is 0 Å². The molecule has 0 spiro atoms. The number of nitrogens with one attached hydrogen (secondary N) is 2. The molecule has 98 valence electrons. The molecule has 0 heterocycles. The topological polar surface area (TPSA) is 74.8 Å². The molecule has 0 atom stereocenters. The lowest BCUT2D eigenvalue weighted by atomic mass is 10.3. The van der Waals surface area contributed by atoms with Crippen LogP contribution in [-0.2, 0) is 0 Å². The van der Waals surface area contributed by atoms with E-state index < -0.39 is 0 Å². The predicted octanol–water partition coefficient (Wildman–Crippen LogP) is 2.05. The molecule has 0 saturated carbocycles. The van der Waals surface area contributed by atoms with Crippen LogP contribution in [0.3, 0.4) is 0 Å². The van der Waals surface area contributed by atoms with E-state index in [1.165, 1.54) is 0 Å². The minimum absolute atomic E-state index is 0.246. The number of benzene rings is 1. The number of guanidine groups is 2. The molecule has 0 aromatic heterocycles. The highest BCUT2D eigenvalue weighted by Crippen LogP contribution is 2.12. The number of anilines is 1. The second-order valence-corrected chi connectivity index (χ2v) is 4.41. The summed E-state index contributed by atoms with van der Waals surface area (Å²) in [5.41, 5.74) is 6.60. The third kappa shape index (κ3) is 5.05. The van der Waals surface area contributed by atoms with E-state index in [1.807, 2.05) is 26.0 Å². The predicted molar refractivity (Wildman–Crippen MR) is 78.3 cm³/mol. The molecule has 1 aromatic rings. The molecule has 0 bridgehead atoms. The first-order valence-electron chi connectivity index (χ1n) is 5.61. The van der Waals surface area contributed by atoms with Crippen LogP contribution >= 0.6 is 11.6 Å². The lowest BCUT2D eigenvalue weighted by molar-refractivity contribution is 0.727. The van der Waals surface area contributed by atoms with Crippen molar-refractivity contribution < 1.29 is 0 Å². The van der Waals surface area contributed by atoms with Gasteiger partial charge in [-0.1, -0.05) is 11.6 Å². The summed E-state index contributed by atoms with van der Waals surface area (Å²) in [5, 5.41) is 6.71. The Labute approximate surface area is 112 Å². The lowest BCUT2D eigenvalue weighted by Crippen LogP contribution is -2.32. The Morgan fingerprint density at radius 3 is 2.39 bits per heavy atom. The third-order valence-electron chi connectivity index (χ3n) is 1.97. The van der Waals surface area contributed by atoms with Crippen LogP contribution in [0.1, 0.15) is 13.8 Å². The van der Waals surface area contributed by atoms with Crippen molar-refractivity contribution in [2.75, 3.05) is 12.4 Å². The molecule has 0 fully saturated rings. The van der Waals surface area contributed by atoms with Crippen molar-refractivity contribution >= 4 is 29.2 Å². The summed E-state index contributed by atoms with van der Waals surface area (Å²) in [7, 11) is 1.66. The van der Waals surface area contributed by atoms with Gasteiger partial charge in [0.15, 0.2) is 0 Å². The number of hydrogen-bond acceptors (Lipinski definition) is 1. The molecule has 0 aliphatic heterocycles. The first-order chi connectivity index (χ1) is 8.51. The summed E-state index contributed by atoms with van der Waals surface area (Å²) in [6, 6.07) is 7.44. The highest BCUT2D eigenvalue weighted by Gasteiger charge is 2.00. The van der Waals surface area contributed by atoms with Crippen LogP contribution in [-0.4, -0.2) is 25.0 Å². The van der Waals surface area contributed by atoms with Crippen LogP contribution in [0.25, 0.3) is 0 Å². The second kappa shape index (κ2) is 6.86. The summed E-state index contributed by atoms with van der Waals surface area (Å²) >= 11 is 5.79. The largest absolute Gasteiger partial charge is 0.369 e. The number of hydrogen-bond donors (Lipinski definition) is 3. The zero-order chi connectivity index (χ0) is 13.5. The Morgan fingerprint density at radius 2 is 1.89 bits per heavy atom. The molecule has 0 aliphatic rings. The van der Waals surface area contributed by atoms with Gasteiger partial charge in [-0.15, -0.1) is 0 Å². The fourth-order valence-electron chi connectivity index (χ4n) is 1.23. The van der Waals surface area contributed by atoms with Gasteiger partial charge in [0.05, 0.1) is 0 Å².